The van der Waals surface area contributed by atoms with Crippen LogP contribution in [0.1, 0.15) is 6.92 Å². The van der Waals surface area contributed by atoms with Crippen LogP contribution in [0.4, 0.5) is 0 Å². The van der Waals surface area contributed by atoms with Gasteiger partial charge in [-0.25, -0.2) is 0 Å². The summed E-state index contributed by atoms with van der Waals surface area (Å²) in [7, 11) is 2.17. The van der Waals surface area contributed by atoms with Crippen LogP contribution in [-0.4, -0.2) is 37.6 Å². The van der Waals surface area contributed by atoms with Gasteiger partial charge in [-0.05, 0) is 14.0 Å². The summed E-state index contributed by atoms with van der Waals surface area (Å²) in [6.45, 7) is 5.74. The van der Waals surface area contributed by atoms with Gasteiger partial charge in [0.15, 0.2) is 0 Å². The summed E-state index contributed by atoms with van der Waals surface area (Å²) >= 11 is 0. The predicted molar refractivity (Wildman–Crippen MR) is 55.6 cm³/mol. The molecule has 0 radical (unpaired) electrons. The number of hydrogen-bond donors (Lipinski definition) is 1. The third-order valence-corrected chi connectivity index (χ3v) is 1.83. The van der Waals surface area contributed by atoms with E-state index in [1.807, 2.05) is 0 Å². The molecule has 0 saturated carbocycles. The van der Waals surface area contributed by atoms with Gasteiger partial charge in [-0.1, -0.05) is 0 Å². The van der Waals surface area contributed by atoms with E-state index in [-0.39, 0.29) is 34.0 Å². The third kappa shape index (κ3) is 3.91. The molecule has 2 nitrogen and oxygen atoms in total. The Kier molecular flexibility index (Phi) is 8.86. The molecule has 0 aromatic heterocycles. The number of likely N-dealkylation sites (N-methyl/N-ethyl adjacent to an activating group) is 1. The van der Waals surface area contributed by atoms with E-state index < -0.39 is 0 Å². The summed E-state index contributed by atoms with van der Waals surface area (Å²) in [6, 6.07) is 0.726. The highest BCUT2D eigenvalue weighted by Gasteiger charge is 2.11. The fraction of sp³-hybridized carbons (Fsp3) is 1.00. The minimum Gasteiger partial charge on any atom is -0.314 e. The van der Waals surface area contributed by atoms with Crippen molar-refractivity contribution in [2.75, 3.05) is 26.7 Å². The summed E-state index contributed by atoms with van der Waals surface area (Å²) in [4.78, 5) is 2.37. The molecule has 4 heteroatoms. The van der Waals surface area contributed by atoms with Crippen LogP contribution in [0.3, 0.4) is 0 Å². The second-order valence-electron chi connectivity index (χ2n) is 2.53. The van der Waals surface area contributed by atoms with Gasteiger partial charge in [0.1, 0.15) is 0 Å². The number of hydrogen-bond acceptors (Lipinski definition) is 2. The standard InChI is InChI=1S/C6H14N2.2BrH/c1-6-5-7-3-4-8(6)2;;/h6-7H,3-5H2,1-2H3;2*1H/t6-;;/m0../s1. The van der Waals surface area contributed by atoms with E-state index in [4.69, 9.17) is 0 Å². The largest absolute Gasteiger partial charge is 0.314 e. The van der Waals surface area contributed by atoms with E-state index in [2.05, 4.69) is 24.2 Å². The maximum absolute atomic E-state index is 3.32. The lowest BCUT2D eigenvalue weighted by atomic mass is 10.2. The van der Waals surface area contributed by atoms with Crippen molar-refractivity contribution in [3.05, 3.63) is 0 Å². The molecular formula is C6H16Br2N2. The van der Waals surface area contributed by atoms with Gasteiger partial charge in [-0.15, -0.1) is 34.0 Å². The molecule has 0 aromatic carbocycles. The monoisotopic (exact) mass is 274 g/mol. The molecule has 1 heterocycles. The molecule has 1 fully saturated rings. The van der Waals surface area contributed by atoms with Gasteiger partial charge < -0.3 is 10.2 Å². The SMILES string of the molecule is Br.Br.C[C@H]1CNCCN1C. The molecule has 0 spiro atoms. The molecule has 1 rings (SSSR count). The van der Waals surface area contributed by atoms with E-state index in [0.29, 0.717) is 0 Å². The molecule has 1 aliphatic heterocycles. The molecule has 0 unspecified atom stereocenters. The Morgan fingerprint density at radius 2 is 2.00 bits per heavy atom. The van der Waals surface area contributed by atoms with Gasteiger partial charge in [0.05, 0.1) is 0 Å². The van der Waals surface area contributed by atoms with Gasteiger partial charge in [0, 0.05) is 25.7 Å². The maximum Gasteiger partial charge on any atom is 0.0189 e. The average Bonchev–Trinajstić information content (AvgIpc) is 1.77. The maximum atomic E-state index is 3.32. The zero-order chi connectivity index (χ0) is 5.98. The Bertz CT molecular complexity index is 70.1. The van der Waals surface area contributed by atoms with Crippen molar-refractivity contribution in [3.8, 4) is 0 Å². The lowest BCUT2D eigenvalue weighted by Crippen LogP contribution is -2.47. The normalized spacial score (nSPS) is 26.4. The Morgan fingerprint density at radius 1 is 1.40 bits per heavy atom. The van der Waals surface area contributed by atoms with Crippen molar-refractivity contribution in [1.29, 1.82) is 0 Å². The second-order valence-corrected chi connectivity index (χ2v) is 2.53. The lowest BCUT2D eigenvalue weighted by Gasteiger charge is -2.29. The number of halogens is 2. The van der Waals surface area contributed by atoms with Crippen LogP contribution in [0, 0.1) is 0 Å². The number of nitrogens with one attached hydrogen (secondary N) is 1. The van der Waals surface area contributed by atoms with Gasteiger partial charge in [0.2, 0.25) is 0 Å². The first-order valence-electron chi connectivity index (χ1n) is 3.21. The van der Waals surface area contributed by atoms with Crippen molar-refractivity contribution in [3.63, 3.8) is 0 Å². The highest BCUT2D eigenvalue weighted by molar-refractivity contribution is 8.93. The van der Waals surface area contributed by atoms with Crippen molar-refractivity contribution < 1.29 is 0 Å². The van der Waals surface area contributed by atoms with E-state index in [1.165, 1.54) is 6.54 Å². The van der Waals surface area contributed by atoms with E-state index >= 15 is 0 Å². The van der Waals surface area contributed by atoms with Crippen molar-refractivity contribution in [2.45, 2.75) is 13.0 Å². The summed E-state index contributed by atoms with van der Waals surface area (Å²) < 4.78 is 0. The number of rotatable bonds is 0. The van der Waals surface area contributed by atoms with Gasteiger partial charge >= 0.3 is 0 Å². The van der Waals surface area contributed by atoms with Gasteiger partial charge in [-0.3, -0.25) is 0 Å². The summed E-state index contributed by atoms with van der Waals surface area (Å²) in [6.07, 6.45) is 0. The van der Waals surface area contributed by atoms with Crippen LogP contribution in [-0.2, 0) is 0 Å². The molecule has 0 aromatic rings. The third-order valence-electron chi connectivity index (χ3n) is 1.83. The minimum atomic E-state index is 0. The topological polar surface area (TPSA) is 15.3 Å². The van der Waals surface area contributed by atoms with Crippen molar-refractivity contribution >= 4 is 34.0 Å². The molecule has 0 bridgehead atoms. The number of piperazine rings is 1. The molecule has 0 amide bonds. The average molecular weight is 276 g/mol. The fourth-order valence-electron chi connectivity index (χ4n) is 0.943. The van der Waals surface area contributed by atoms with Crippen LogP contribution in [0.5, 0.6) is 0 Å². The fourth-order valence-corrected chi connectivity index (χ4v) is 0.943. The minimum absolute atomic E-state index is 0. The van der Waals surface area contributed by atoms with Crippen LogP contribution >= 0.6 is 34.0 Å². The van der Waals surface area contributed by atoms with Crippen LogP contribution < -0.4 is 5.32 Å². The molecule has 1 aliphatic rings. The quantitative estimate of drug-likeness (QED) is 0.712. The molecular weight excluding hydrogens is 260 g/mol. The van der Waals surface area contributed by atoms with Crippen LogP contribution in [0.2, 0.25) is 0 Å². The molecule has 0 aliphatic carbocycles. The van der Waals surface area contributed by atoms with Gasteiger partial charge in [-0.2, -0.15) is 0 Å². The van der Waals surface area contributed by atoms with Crippen molar-refractivity contribution in [1.82, 2.24) is 10.2 Å². The lowest BCUT2D eigenvalue weighted by molar-refractivity contribution is 0.215. The smallest absolute Gasteiger partial charge is 0.0189 e. The molecule has 64 valence electrons. The Balaban J connectivity index is 0. The molecule has 1 atom stereocenters. The summed E-state index contributed by atoms with van der Waals surface area (Å²) in [5, 5.41) is 3.32. The zero-order valence-electron chi connectivity index (χ0n) is 6.46. The Hall–Kier alpha value is 0.880. The number of nitrogens with zero attached hydrogens (tertiary/aromatic N) is 1. The zero-order valence-corrected chi connectivity index (χ0v) is 9.89. The summed E-state index contributed by atoms with van der Waals surface area (Å²) in [5.41, 5.74) is 0. The van der Waals surface area contributed by atoms with E-state index in [0.717, 1.165) is 19.1 Å². The van der Waals surface area contributed by atoms with Crippen molar-refractivity contribution in [2.24, 2.45) is 0 Å². The summed E-state index contributed by atoms with van der Waals surface area (Å²) in [5.74, 6) is 0. The van der Waals surface area contributed by atoms with E-state index in [1.54, 1.807) is 0 Å². The first-order chi connectivity index (χ1) is 3.80. The van der Waals surface area contributed by atoms with Crippen LogP contribution in [0.15, 0.2) is 0 Å². The second kappa shape index (κ2) is 6.58. The molecule has 1 saturated heterocycles. The van der Waals surface area contributed by atoms with Crippen LogP contribution in [0.25, 0.3) is 0 Å². The first kappa shape index (κ1) is 13.5. The highest BCUT2D eigenvalue weighted by Crippen LogP contribution is 1.95. The predicted octanol–water partition coefficient (Wildman–Crippen LogP) is 1.07. The van der Waals surface area contributed by atoms with Gasteiger partial charge in [0.25, 0.3) is 0 Å². The Labute approximate surface area is 83.9 Å². The highest BCUT2D eigenvalue weighted by atomic mass is 79.9. The Morgan fingerprint density at radius 3 is 2.30 bits per heavy atom. The first-order valence-corrected chi connectivity index (χ1v) is 3.21. The van der Waals surface area contributed by atoms with E-state index in [9.17, 15) is 0 Å². The molecule has 1 N–H and O–H groups in total. The molecule has 10 heavy (non-hydrogen) atoms.